The maximum atomic E-state index is 11.7. The monoisotopic (exact) mass is 243 g/mol. The predicted molar refractivity (Wildman–Crippen MR) is 59.6 cm³/mol. The molecule has 2 unspecified atom stereocenters. The van der Waals surface area contributed by atoms with Gasteiger partial charge in [-0.25, -0.2) is 4.79 Å². The molecule has 0 aliphatic carbocycles. The van der Waals surface area contributed by atoms with Crippen molar-refractivity contribution in [2.24, 2.45) is 0 Å². The fourth-order valence-corrected chi connectivity index (χ4v) is 2.03. The summed E-state index contributed by atoms with van der Waals surface area (Å²) in [6.07, 6.45) is -1.14. The summed E-state index contributed by atoms with van der Waals surface area (Å²) in [6.45, 7) is 3.09. The zero-order chi connectivity index (χ0) is 12.3. The molecule has 0 aliphatic heterocycles. The number of aliphatic carboxylic acids is 1. The number of rotatable bonds is 4. The third-order valence-electron chi connectivity index (χ3n) is 2.10. The Balaban J connectivity index is 2.77. The van der Waals surface area contributed by atoms with Gasteiger partial charge in [-0.3, -0.25) is 4.79 Å². The van der Waals surface area contributed by atoms with Gasteiger partial charge in [0.2, 0.25) is 0 Å². The van der Waals surface area contributed by atoms with E-state index in [0.717, 1.165) is 5.56 Å². The molecule has 0 aromatic carbocycles. The summed E-state index contributed by atoms with van der Waals surface area (Å²) in [5, 5.41) is 22.0. The summed E-state index contributed by atoms with van der Waals surface area (Å²) < 4.78 is 0. The summed E-state index contributed by atoms with van der Waals surface area (Å²) in [7, 11) is 0. The molecule has 1 aromatic rings. The van der Waals surface area contributed by atoms with E-state index in [2.05, 4.69) is 5.32 Å². The number of amides is 1. The molecule has 0 bridgehead atoms. The zero-order valence-electron chi connectivity index (χ0n) is 8.93. The lowest BCUT2D eigenvalue weighted by molar-refractivity contribution is -0.141. The van der Waals surface area contributed by atoms with Crippen LogP contribution in [0.5, 0.6) is 0 Å². The van der Waals surface area contributed by atoms with Crippen molar-refractivity contribution in [3.8, 4) is 0 Å². The Morgan fingerprint density at radius 3 is 2.50 bits per heavy atom. The molecule has 88 valence electrons. The molecule has 0 radical (unpaired) electrons. The van der Waals surface area contributed by atoms with Gasteiger partial charge in [0.1, 0.15) is 0 Å². The second-order valence-electron chi connectivity index (χ2n) is 3.46. The van der Waals surface area contributed by atoms with Crippen LogP contribution in [0.25, 0.3) is 0 Å². The van der Waals surface area contributed by atoms with Crippen LogP contribution in [0.4, 0.5) is 0 Å². The van der Waals surface area contributed by atoms with Crippen molar-refractivity contribution in [3.05, 3.63) is 21.9 Å². The topological polar surface area (TPSA) is 86.6 Å². The molecule has 1 aromatic heterocycles. The SMILES string of the molecule is Cc1ccsc1C(=O)NC(C(=O)O)C(C)O. The Labute approximate surface area is 96.7 Å². The van der Waals surface area contributed by atoms with Crippen LogP contribution in [0, 0.1) is 6.92 Å². The van der Waals surface area contributed by atoms with Gasteiger partial charge in [-0.1, -0.05) is 0 Å². The Hall–Kier alpha value is -1.40. The van der Waals surface area contributed by atoms with Crippen molar-refractivity contribution < 1.29 is 19.8 Å². The molecule has 2 atom stereocenters. The second-order valence-corrected chi connectivity index (χ2v) is 4.38. The lowest BCUT2D eigenvalue weighted by Gasteiger charge is -2.16. The number of aliphatic hydroxyl groups is 1. The molecular weight excluding hydrogens is 230 g/mol. The maximum absolute atomic E-state index is 11.7. The van der Waals surface area contributed by atoms with E-state index in [0.29, 0.717) is 4.88 Å². The molecule has 1 rings (SSSR count). The van der Waals surface area contributed by atoms with E-state index in [9.17, 15) is 14.7 Å². The number of carboxylic acid groups (broad SMARTS) is 1. The number of carbonyl (C=O) groups is 2. The van der Waals surface area contributed by atoms with Crippen LogP contribution in [0.1, 0.15) is 22.2 Å². The number of hydrogen-bond acceptors (Lipinski definition) is 4. The maximum Gasteiger partial charge on any atom is 0.328 e. The van der Waals surface area contributed by atoms with Gasteiger partial charge in [-0.05, 0) is 30.9 Å². The minimum absolute atomic E-state index is 0.465. The summed E-state index contributed by atoms with van der Waals surface area (Å²) >= 11 is 1.24. The molecule has 1 amide bonds. The van der Waals surface area contributed by atoms with Gasteiger partial charge in [0, 0.05) is 0 Å². The largest absolute Gasteiger partial charge is 0.480 e. The average Bonchev–Trinajstić information content (AvgIpc) is 2.59. The third kappa shape index (κ3) is 2.80. The number of carboxylic acids is 1. The van der Waals surface area contributed by atoms with Crippen molar-refractivity contribution in [3.63, 3.8) is 0 Å². The summed E-state index contributed by atoms with van der Waals surface area (Å²) in [5.74, 6) is -1.72. The average molecular weight is 243 g/mol. The molecule has 0 saturated heterocycles. The minimum Gasteiger partial charge on any atom is -0.480 e. The van der Waals surface area contributed by atoms with E-state index in [1.807, 2.05) is 0 Å². The number of nitrogens with one attached hydrogen (secondary N) is 1. The third-order valence-corrected chi connectivity index (χ3v) is 3.12. The highest BCUT2D eigenvalue weighted by Gasteiger charge is 2.26. The van der Waals surface area contributed by atoms with Gasteiger partial charge in [0.15, 0.2) is 6.04 Å². The molecule has 1 heterocycles. The van der Waals surface area contributed by atoms with E-state index in [-0.39, 0.29) is 0 Å². The molecule has 0 spiro atoms. The molecule has 5 nitrogen and oxygen atoms in total. The molecule has 16 heavy (non-hydrogen) atoms. The highest BCUT2D eigenvalue weighted by molar-refractivity contribution is 7.12. The van der Waals surface area contributed by atoms with Crippen molar-refractivity contribution in [2.45, 2.75) is 26.0 Å². The smallest absolute Gasteiger partial charge is 0.328 e. The molecule has 0 fully saturated rings. The van der Waals surface area contributed by atoms with Gasteiger partial charge in [0.25, 0.3) is 5.91 Å². The van der Waals surface area contributed by atoms with E-state index in [1.54, 1.807) is 18.4 Å². The van der Waals surface area contributed by atoms with Crippen LogP contribution >= 0.6 is 11.3 Å². The first kappa shape index (κ1) is 12.7. The highest BCUT2D eigenvalue weighted by atomic mass is 32.1. The van der Waals surface area contributed by atoms with Crippen LogP contribution in [0.2, 0.25) is 0 Å². The molecule has 0 saturated carbocycles. The van der Waals surface area contributed by atoms with Gasteiger partial charge < -0.3 is 15.5 Å². The van der Waals surface area contributed by atoms with Crippen LogP contribution < -0.4 is 5.32 Å². The van der Waals surface area contributed by atoms with Crippen LogP contribution in [0.3, 0.4) is 0 Å². The van der Waals surface area contributed by atoms with E-state index < -0.39 is 24.0 Å². The second kappa shape index (κ2) is 5.09. The first-order valence-corrected chi connectivity index (χ1v) is 5.57. The predicted octanol–water partition coefficient (Wildman–Crippen LogP) is 0.620. The van der Waals surface area contributed by atoms with Gasteiger partial charge in [-0.15, -0.1) is 11.3 Å². The Bertz CT molecular complexity index is 399. The van der Waals surface area contributed by atoms with E-state index in [4.69, 9.17) is 5.11 Å². The highest BCUT2D eigenvalue weighted by Crippen LogP contribution is 2.15. The van der Waals surface area contributed by atoms with Crippen LogP contribution in [-0.4, -0.2) is 34.2 Å². The van der Waals surface area contributed by atoms with Crippen LogP contribution in [-0.2, 0) is 4.79 Å². The van der Waals surface area contributed by atoms with Gasteiger partial charge in [-0.2, -0.15) is 0 Å². The lowest BCUT2D eigenvalue weighted by Crippen LogP contribution is -2.47. The lowest BCUT2D eigenvalue weighted by atomic mass is 10.2. The standard InChI is InChI=1S/C10H13NO4S/c1-5-3-4-16-8(5)9(13)11-7(6(2)12)10(14)15/h3-4,6-7,12H,1-2H3,(H,11,13)(H,14,15). The number of carbonyl (C=O) groups excluding carboxylic acids is 1. The molecule has 0 aliphatic rings. The zero-order valence-corrected chi connectivity index (χ0v) is 9.75. The summed E-state index contributed by atoms with van der Waals surface area (Å²) in [6, 6.07) is 0.492. The van der Waals surface area contributed by atoms with E-state index >= 15 is 0 Å². The Morgan fingerprint density at radius 2 is 2.12 bits per heavy atom. The number of thiophene rings is 1. The van der Waals surface area contributed by atoms with Crippen molar-refractivity contribution in [2.75, 3.05) is 0 Å². The molecular formula is C10H13NO4S. The first-order chi connectivity index (χ1) is 7.43. The minimum atomic E-state index is -1.28. The van der Waals surface area contributed by atoms with Gasteiger partial charge >= 0.3 is 5.97 Å². The van der Waals surface area contributed by atoms with Crippen LogP contribution in [0.15, 0.2) is 11.4 Å². The molecule has 3 N–H and O–H groups in total. The number of aryl methyl sites for hydroxylation is 1. The fraction of sp³-hybridized carbons (Fsp3) is 0.400. The quantitative estimate of drug-likeness (QED) is 0.723. The van der Waals surface area contributed by atoms with Crippen molar-refractivity contribution in [1.29, 1.82) is 0 Å². The van der Waals surface area contributed by atoms with E-state index in [1.165, 1.54) is 18.3 Å². The summed E-state index contributed by atoms with van der Waals surface area (Å²) in [5.41, 5.74) is 0.789. The van der Waals surface area contributed by atoms with Gasteiger partial charge in [0.05, 0.1) is 11.0 Å². The normalized spacial score (nSPS) is 14.2. The number of aliphatic hydroxyl groups excluding tert-OH is 1. The number of hydrogen-bond donors (Lipinski definition) is 3. The molecule has 6 heteroatoms. The van der Waals surface area contributed by atoms with Crippen molar-refractivity contribution >= 4 is 23.2 Å². The first-order valence-electron chi connectivity index (χ1n) is 4.69. The Kier molecular flexibility index (Phi) is 4.03. The van der Waals surface area contributed by atoms with Crippen molar-refractivity contribution in [1.82, 2.24) is 5.32 Å². The summed E-state index contributed by atoms with van der Waals surface area (Å²) in [4.78, 5) is 22.9. The fourth-order valence-electron chi connectivity index (χ4n) is 1.20. The Morgan fingerprint density at radius 1 is 1.50 bits per heavy atom.